The normalized spacial score (nSPS) is 35.2. The highest BCUT2D eigenvalue weighted by molar-refractivity contribution is 6.18. The van der Waals surface area contributed by atoms with Crippen molar-refractivity contribution in [3.05, 3.63) is 24.3 Å². The first-order chi connectivity index (χ1) is 5.23. The maximum atomic E-state index is 13.5. The van der Waals surface area contributed by atoms with Gasteiger partial charge in [0.05, 0.1) is 11.9 Å². The third-order valence-corrected chi connectivity index (χ3v) is 2.06. The van der Waals surface area contributed by atoms with Crippen molar-refractivity contribution in [1.82, 2.24) is 0 Å². The van der Waals surface area contributed by atoms with Crippen LogP contribution >= 0.6 is 11.6 Å². The van der Waals surface area contributed by atoms with Crippen molar-refractivity contribution in [1.29, 1.82) is 5.26 Å². The molecule has 0 fully saturated rings. The van der Waals surface area contributed by atoms with Gasteiger partial charge in [-0.05, 0) is 6.08 Å². The highest BCUT2D eigenvalue weighted by atomic mass is 35.5. The molecule has 0 heterocycles. The van der Waals surface area contributed by atoms with Crippen LogP contribution in [-0.2, 0) is 0 Å². The zero-order chi connectivity index (χ0) is 8.32. The molecule has 0 aromatic carbocycles. The van der Waals surface area contributed by atoms with Crippen molar-refractivity contribution in [3.8, 4) is 6.07 Å². The fourth-order valence-corrected chi connectivity index (χ4v) is 1.19. The number of hydrogen-bond acceptors (Lipinski definition) is 1. The summed E-state index contributed by atoms with van der Waals surface area (Å²) < 4.78 is 13.5. The molecular weight excluding hydrogens is 165 g/mol. The first-order valence-electron chi connectivity index (χ1n) is 3.23. The van der Waals surface area contributed by atoms with E-state index in [9.17, 15) is 4.39 Å². The Hall–Kier alpha value is -0.810. The number of allylic oxidation sites excluding steroid dienone is 4. The van der Waals surface area contributed by atoms with Gasteiger partial charge in [0.15, 0.2) is 5.67 Å². The van der Waals surface area contributed by atoms with Gasteiger partial charge in [0.1, 0.15) is 5.92 Å². The SMILES string of the molecule is N#CC1C=CC=CC1(F)CCl. The predicted octanol–water partition coefficient (Wildman–Crippen LogP) is 2.20. The Morgan fingerprint density at radius 3 is 2.82 bits per heavy atom. The molecule has 0 aromatic heterocycles. The molecule has 0 aromatic rings. The van der Waals surface area contributed by atoms with Gasteiger partial charge in [-0.3, -0.25) is 0 Å². The maximum absolute atomic E-state index is 13.5. The molecule has 11 heavy (non-hydrogen) atoms. The Morgan fingerprint density at radius 2 is 2.36 bits per heavy atom. The van der Waals surface area contributed by atoms with Crippen molar-refractivity contribution in [2.75, 3.05) is 5.88 Å². The summed E-state index contributed by atoms with van der Waals surface area (Å²) in [6, 6.07) is 1.85. The fourth-order valence-electron chi connectivity index (χ4n) is 0.932. The quantitative estimate of drug-likeness (QED) is 0.555. The Morgan fingerprint density at radius 1 is 1.64 bits per heavy atom. The van der Waals surface area contributed by atoms with E-state index in [-0.39, 0.29) is 5.88 Å². The largest absolute Gasteiger partial charge is 0.236 e. The molecule has 2 atom stereocenters. The molecular formula is C8H7ClFN. The second kappa shape index (κ2) is 3.06. The first-order valence-corrected chi connectivity index (χ1v) is 3.77. The summed E-state index contributed by atoms with van der Waals surface area (Å²) in [5.41, 5.74) is -1.68. The number of halogens is 2. The molecule has 2 unspecified atom stereocenters. The van der Waals surface area contributed by atoms with Gasteiger partial charge in [-0.15, -0.1) is 11.6 Å². The summed E-state index contributed by atoms with van der Waals surface area (Å²) in [7, 11) is 0. The average molecular weight is 172 g/mol. The minimum Gasteiger partial charge on any atom is -0.236 e. The minimum absolute atomic E-state index is 0.175. The van der Waals surface area contributed by atoms with Crippen molar-refractivity contribution < 1.29 is 4.39 Å². The molecule has 58 valence electrons. The Balaban J connectivity index is 2.88. The van der Waals surface area contributed by atoms with E-state index in [2.05, 4.69) is 0 Å². The van der Waals surface area contributed by atoms with E-state index in [0.717, 1.165) is 0 Å². The molecule has 1 nitrogen and oxygen atoms in total. The van der Waals surface area contributed by atoms with Gasteiger partial charge in [0, 0.05) is 0 Å². The van der Waals surface area contributed by atoms with Gasteiger partial charge in [-0.1, -0.05) is 18.2 Å². The van der Waals surface area contributed by atoms with Crippen LogP contribution in [0, 0.1) is 17.2 Å². The highest BCUT2D eigenvalue weighted by Crippen LogP contribution is 2.29. The lowest BCUT2D eigenvalue weighted by Crippen LogP contribution is -2.32. The molecule has 0 bridgehead atoms. The van der Waals surface area contributed by atoms with E-state index in [1.54, 1.807) is 12.2 Å². The molecule has 1 aliphatic rings. The Labute approximate surface area is 69.8 Å². The average Bonchev–Trinajstić information content (AvgIpc) is 2.05. The summed E-state index contributed by atoms with van der Waals surface area (Å²) in [5.74, 6) is -0.920. The molecule has 0 N–H and O–H groups in total. The van der Waals surface area contributed by atoms with Gasteiger partial charge >= 0.3 is 0 Å². The molecule has 0 amide bonds. The highest BCUT2D eigenvalue weighted by Gasteiger charge is 2.35. The molecule has 0 saturated heterocycles. The van der Waals surface area contributed by atoms with E-state index in [1.165, 1.54) is 12.2 Å². The second-order valence-electron chi connectivity index (χ2n) is 2.41. The number of alkyl halides is 2. The fraction of sp³-hybridized carbons (Fsp3) is 0.375. The third-order valence-electron chi connectivity index (χ3n) is 1.65. The van der Waals surface area contributed by atoms with Crippen LogP contribution in [0.1, 0.15) is 0 Å². The van der Waals surface area contributed by atoms with E-state index in [4.69, 9.17) is 16.9 Å². The topological polar surface area (TPSA) is 23.8 Å². The van der Waals surface area contributed by atoms with Crippen molar-refractivity contribution >= 4 is 11.6 Å². The van der Waals surface area contributed by atoms with Gasteiger partial charge in [-0.25, -0.2) is 4.39 Å². The maximum Gasteiger partial charge on any atom is 0.162 e. The zero-order valence-electron chi connectivity index (χ0n) is 5.80. The standard InChI is InChI=1S/C8H7ClFN/c9-6-8(10)4-2-1-3-7(8)5-11/h1-4,7H,6H2. The predicted molar refractivity (Wildman–Crippen MR) is 41.9 cm³/mol. The van der Waals surface area contributed by atoms with Crippen LogP contribution in [0.25, 0.3) is 0 Å². The van der Waals surface area contributed by atoms with E-state index >= 15 is 0 Å². The molecule has 0 spiro atoms. The van der Waals surface area contributed by atoms with Crippen LogP contribution in [0.2, 0.25) is 0 Å². The molecule has 1 rings (SSSR count). The van der Waals surface area contributed by atoms with Gasteiger partial charge in [-0.2, -0.15) is 5.26 Å². The van der Waals surface area contributed by atoms with Gasteiger partial charge in [0.2, 0.25) is 0 Å². The first kappa shape index (κ1) is 8.29. The van der Waals surface area contributed by atoms with Crippen LogP contribution in [0.4, 0.5) is 4.39 Å². The smallest absolute Gasteiger partial charge is 0.162 e. The second-order valence-corrected chi connectivity index (χ2v) is 2.68. The molecule has 0 aliphatic heterocycles. The summed E-state index contributed by atoms with van der Waals surface area (Å²) >= 11 is 5.38. The Kier molecular flexibility index (Phi) is 2.31. The Bertz CT molecular complexity index is 241. The molecule has 1 aliphatic carbocycles. The monoisotopic (exact) mass is 171 g/mol. The number of hydrogen-bond donors (Lipinski definition) is 0. The summed E-state index contributed by atoms with van der Waals surface area (Å²) in [4.78, 5) is 0. The van der Waals surface area contributed by atoms with E-state index < -0.39 is 11.6 Å². The number of nitrogens with zero attached hydrogens (tertiary/aromatic N) is 1. The van der Waals surface area contributed by atoms with Crippen molar-refractivity contribution in [3.63, 3.8) is 0 Å². The van der Waals surface area contributed by atoms with Crippen LogP contribution in [0.5, 0.6) is 0 Å². The lowest BCUT2D eigenvalue weighted by Gasteiger charge is -2.23. The number of nitriles is 1. The lowest BCUT2D eigenvalue weighted by atomic mass is 9.88. The summed E-state index contributed by atoms with van der Waals surface area (Å²) in [6.07, 6.45) is 6.06. The van der Waals surface area contributed by atoms with E-state index in [0.29, 0.717) is 0 Å². The minimum atomic E-state index is -1.68. The summed E-state index contributed by atoms with van der Waals surface area (Å²) in [5, 5.41) is 8.52. The van der Waals surface area contributed by atoms with Crippen molar-refractivity contribution in [2.24, 2.45) is 5.92 Å². The molecule has 0 saturated carbocycles. The van der Waals surface area contributed by atoms with E-state index in [1.807, 2.05) is 6.07 Å². The number of rotatable bonds is 1. The zero-order valence-corrected chi connectivity index (χ0v) is 6.55. The van der Waals surface area contributed by atoms with Gasteiger partial charge < -0.3 is 0 Å². The lowest BCUT2D eigenvalue weighted by molar-refractivity contribution is 0.225. The van der Waals surface area contributed by atoms with Crippen LogP contribution in [-0.4, -0.2) is 11.5 Å². The van der Waals surface area contributed by atoms with Crippen LogP contribution in [0.3, 0.4) is 0 Å². The molecule has 3 heteroatoms. The third kappa shape index (κ3) is 1.44. The summed E-state index contributed by atoms with van der Waals surface area (Å²) in [6.45, 7) is 0. The van der Waals surface area contributed by atoms with Crippen LogP contribution in [0.15, 0.2) is 24.3 Å². The van der Waals surface area contributed by atoms with Crippen LogP contribution < -0.4 is 0 Å². The molecule has 0 radical (unpaired) electrons. The van der Waals surface area contributed by atoms with Crippen molar-refractivity contribution in [2.45, 2.75) is 5.67 Å². The van der Waals surface area contributed by atoms with Gasteiger partial charge in [0.25, 0.3) is 0 Å².